The molecule has 156 valence electrons. The molecule has 0 saturated heterocycles. The molecule has 2 heterocycles. The van der Waals surface area contributed by atoms with E-state index in [0.29, 0.717) is 35.8 Å². The number of fused-ring (bicyclic) bond motifs is 3. The average Bonchev–Trinajstić information content (AvgIpc) is 3.03. The summed E-state index contributed by atoms with van der Waals surface area (Å²) < 4.78 is 5.57. The molecule has 2 aliphatic rings. The Kier molecular flexibility index (Phi) is 4.43. The van der Waals surface area contributed by atoms with E-state index in [2.05, 4.69) is 5.32 Å². The van der Waals surface area contributed by atoms with Crippen LogP contribution in [0.25, 0.3) is 0 Å². The Bertz CT molecular complexity index is 1170. The highest BCUT2D eigenvalue weighted by Crippen LogP contribution is 2.49. The molecule has 2 amide bonds. The topological polar surface area (TPSA) is 61.9 Å². The van der Waals surface area contributed by atoms with E-state index >= 15 is 0 Å². The lowest BCUT2D eigenvalue weighted by atomic mass is 9.92. The number of ether oxygens (including phenoxy) is 1. The van der Waals surface area contributed by atoms with Crippen molar-refractivity contribution < 1.29 is 14.3 Å². The van der Waals surface area contributed by atoms with Crippen LogP contribution in [0.1, 0.15) is 29.8 Å². The highest BCUT2D eigenvalue weighted by Gasteiger charge is 2.59. The summed E-state index contributed by atoms with van der Waals surface area (Å²) in [6, 6.07) is 22.3. The predicted molar refractivity (Wildman–Crippen MR) is 121 cm³/mol. The van der Waals surface area contributed by atoms with Crippen LogP contribution in [0.4, 0.5) is 17.1 Å². The van der Waals surface area contributed by atoms with E-state index in [0.717, 1.165) is 11.3 Å². The standard InChI is InChI=1S/C25H23N3O3/c1-3-27-22-12-8-6-10-20(22)25(24(27)30)26-21-11-7-5-9-19(21)23(29)28(25)17-13-15-18(16-14-17)31-4-2/h5-16,26H,3-4H2,1-2H3. The molecule has 31 heavy (non-hydrogen) atoms. The number of carbonyl (C=O) groups excluding carboxylic acids is 2. The van der Waals surface area contributed by atoms with Crippen molar-refractivity contribution >= 4 is 28.9 Å². The third kappa shape index (κ3) is 2.64. The van der Waals surface area contributed by atoms with E-state index in [9.17, 15) is 9.59 Å². The fourth-order valence-corrected chi connectivity index (χ4v) is 4.56. The lowest BCUT2D eigenvalue weighted by Crippen LogP contribution is -2.63. The summed E-state index contributed by atoms with van der Waals surface area (Å²) >= 11 is 0. The number of anilines is 3. The molecular formula is C25H23N3O3. The summed E-state index contributed by atoms with van der Waals surface area (Å²) in [6.07, 6.45) is 0. The summed E-state index contributed by atoms with van der Waals surface area (Å²) in [5.74, 6) is 0.319. The molecule has 2 aliphatic heterocycles. The minimum Gasteiger partial charge on any atom is -0.494 e. The van der Waals surface area contributed by atoms with Crippen molar-refractivity contribution in [3.05, 3.63) is 83.9 Å². The van der Waals surface area contributed by atoms with Crippen molar-refractivity contribution in [2.45, 2.75) is 19.5 Å². The van der Waals surface area contributed by atoms with Gasteiger partial charge in [0, 0.05) is 23.5 Å². The molecule has 0 bridgehead atoms. The first-order valence-corrected chi connectivity index (χ1v) is 10.5. The van der Waals surface area contributed by atoms with Crippen molar-refractivity contribution in [3.63, 3.8) is 0 Å². The fraction of sp³-hybridized carbons (Fsp3) is 0.200. The number of likely N-dealkylation sites (N-methyl/N-ethyl adjacent to an activating group) is 1. The number of carbonyl (C=O) groups is 2. The number of nitrogens with zero attached hydrogens (tertiary/aromatic N) is 2. The van der Waals surface area contributed by atoms with Crippen molar-refractivity contribution in [2.24, 2.45) is 0 Å². The van der Waals surface area contributed by atoms with E-state index in [1.54, 1.807) is 15.9 Å². The van der Waals surface area contributed by atoms with Crippen LogP contribution in [0.3, 0.4) is 0 Å². The van der Waals surface area contributed by atoms with Gasteiger partial charge in [-0.05, 0) is 56.3 Å². The van der Waals surface area contributed by atoms with Crippen molar-refractivity contribution in [1.29, 1.82) is 0 Å². The Labute approximate surface area is 181 Å². The number of rotatable bonds is 4. The molecule has 3 aromatic rings. The van der Waals surface area contributed by atoms with Gasteiger partial charge in [0.25, 0.3) is 11.8 Å². The maximum atomic E-state index is 13.9. The zero-order valence-corrected chi connectivity index (χ0v) is 17.5. The highest BCUT2D eigenvalue weighted by molar-refractivity contribution is 6.22. The number of para-hydroxylation sites is 2. The van der Waals surface area contributed by atoms with Crippen LogP contribution in [-0.2, 0) is 10.5 Å². The van der Waals surface area contributed by atoms with E-state index < -0.39 is 5.66 Å². The van der Waals surface area contributed by atoms with E-state index in [-0.39, 0.29) is 11.8 Å². The second-order valence-corrected chi connectivity index (χ2v) is 7.52. The average molecular weight is 413 g/mol. The third-order valence-electron chi connectivity index (χ3n) is 5.87. The monoisotopic (exact) mass is 413 g/mol. The van der Waals surface area contributed by atoms with Crippen molar-refractivity contribution in [2.75, 3.05) is 28.3 Å². The Balaban J connectivity index is 1.76. The quantitative estimate of drug-likeness (QED) is 0.690. The van der Waals surface area contributed by atoms with E-state index in [4.69, 9.17) is 4.74 Å². The van der Waals surface area contributed by atoms with Gasteiger partial charge in [-0.1, -0.05) is 30.3 Å². The van der Waals surface area contributed by atoms with Crippen LogP contribution in [0.15, 0.2) is 72.8 Å². The summed E-state index contributed by atoms with van der Waals surface area (Å²) in [7, 11) is 0. The minimum absolute atomic E-state index is 0.173. The summed E-state index contributed by atoms with van der Waals surface area (Å²) in [4.78, 5) is 31.1. The highest BCUT2D eigenvalue weighted by atomic mass is 16.5. The van der Waals surface area contributed by atoms with E-state index in [1.165, 1.54) is 0 Å². The van der Waals surface area contributed by atoms with Crippen LogP contribution in [0.5, 0.6) is 5.75 Å². The van der Waals surface area contributed by atoms with Gasteiger partial charge in [-0.2, -0.15) is 0 Å². The molecule has 1 atom stereocenters. The smallest absolute Gasteiger partial charge is 0.279 e. The molecule has 1 N–H and O–H groups in total. The zero-order valence-electron chi connectivity index (χ0n) is 17.5. The first-order chi connectivity index (χ1) is 15.1. The molecule has 0 saturated carbocycles. The van der Waals surface area contributed by atoms with Gasteiger partial charge in [-0.25, -0.2) is 0 Å². The van der Waals surface area contributed by atoms with Crippen molar-refractivity contribution in [1.82, 2.24) is 0 Å². The predicted octanol–water partition coefficient (Wildman–Crippen LogP) is 4.38. The maximum Gasteiger partial charge on any atom is 0.279 e. The van der Waals surface area contributed by atoms with Gasteiger partial charge in [0.1, 0.15) is 5.75 Å². The molecule has 1 unspecified atom stereocenters. The molecule has 5 rings (SSSR count). The Hall–Kier alpha value is -3.80. The first kappa shape index (κ1) is 19.2. The van der Waals surface area contributed by atoms with Gasteiger partial charge in [0.2, 0.25) is 5.66 Å². The zero-order chi connectivity index (χ0) is 21.6. The number of benzene rings is 3. The fourth-order valence-electron chi connectivity index (χ4n) is 4.56. The summed E-state index contributed by atoms with van der Waals surface area (Å²) in [5.41, 5.74) is 2.02. The lowest BCUT2D eigenvalue weighted by molar-refractivity contribution is -0.122. The normalized spacial score (nSPS) is 19.3. The van der Waals surface area contributed by atoms with Crippen LogP contribution in [0, 0.1) is 0 Å². The Morgan fingerprint density at radius 3 is 2.35 bits per heavy atom. The van der Waals surface area contributed by atoms with Gasteiger partial charge >= 0.3 is 0 Å². The first-order valence-electron chi connectivity index (χ1n) is 10.5. The number of amides is 2. The second kappa shape index (κ2) is 7.16. The summed E-state index contributed by atoms with van der Waals surface area (Å²) in [5, 5.41) is 3.44. The molecule has 6 nitrogen and oxygen atoms in total. The second-order valence-electron chi connectivity index (χ2n) is 7.52. The number of hydrogen-bond acceptors (Lipinski definition) is 4. The molecule has 6 heteroatoms. The van der Waals surface area contributed by atoms with Crippen LogP contribution >= 0.6 is 0 Å². The molecule has 0 radical (unpaired) electrons. The summed E-state index contributed by atoms with van der Waals surface area (Å²) in [6.45, 7) is 4.92. The Morgan fingerprint density at radius 1 is 0.903 bits per heavy atom. The molecular weight excluding hydrogens is 390 g/mol. The van der Waals surface area contributed by atoms with E-state index in [1.807, 2.05) is 80.6 Å². The molecule has 0 fully saturated rings. The Morgan fingerprint density at radius 2 is 1.61 bits per heavy atom. The minimum atomic E-state index is -1.36. The molecule has 3 aromatic carbocycles. The third-order valence-corrected chi connectivity index (χ3v) is 5.87. The van der Waals surface area contributed by atoms with Crippen molar-refractivity contribution in [3.8, 4) is 5.75 Å². The van der Waals surface area contributed by atoms with Gasteiger partial charge < -0.3 is 15.0 Å². The van der Waals surface area contributed by atoms with Crippen LogP contribution in [0.2, 0.25) is 0 Å². The van der Waals surface area contributed by atoms with Gasteiger partial charge in [-0.3, -0.25) is 14.5 Å². The number of hydrogen-bond donors (Lipinski definition) is 1. The lowest BCUT2D eigenvalue weighted by Gasteiger charge is -2.45. The molecule has 1 spiro atoms. The number of nitrogens with one attached hydrogen (secondary N) is 1. The SMILES string of the molecule is CCOc1ccc(N2C(=O)c3ccccc3NC23C(=O)N(CC)c2ccccc23)cc1. The van der Waals surface area contributed by atoms with Gasteiger partial charge in [0.05, 0.1) is 17.9 Å². The van der Waals surface area contributed by atoms with Crippen LogP contribution < -0.4 is 19.9 Å². The maximum absolute atomic E-state index is 13.9. The molecule has 0 aliphatic carbocycles. The van der Waals surface area contributed by atoms with Crippen LogP contribution in [-0.4, -0.2) is 25.0 Å². The largest absolute Gasteiger partial charge is 0.494 e. The van der Waals surface area contributed by atoms with Gasteiger partial charge in [0.15, 0.2) is 0 Å². The molecule has 0 aromatic heterocycles. The van der Waals surface area contributed by atoms with Gasteiger partial charge in [-0.15, -0.1) is 0 Å².